The highest BCUT2D eigenvalue weighted by Gasteiger charge is 2.06. The molecule has 0 aliphatic rings. The van der Waals surface area contributed by atoms with E-state index in [1.54, 1.807) is 6.20 Å². The molecule has 1 heterocycles. The Morgan fingerprint density at radius 1 is 0.759 bits per heavy atom. The van der Waals surface area contributed by atoms with Crippen LogP contribution in [0.4, 0.5) is 5.95 Å². The van der Waals surface area contributed by atoms with Gasteiger partial charge in [-0.2, -0.15) is 10.2 Å². The third kappa shape index (κ3) is 3.41. The quantitative estimate of drug-likeness (QED) is 0.263. The van der Waals surface area contributed by atoms with Crippen molar-refractivity contribution >= 4 is 33.7 Å². The molecule has 0 amide bonds. The molecule has 138 valence electrons. The van der Waals surface area contributed by atoms with Crippen molar-refractivity contribution in [2.45, 2.75) is 0 Å². The number of hydrogen-bond acceptors (Lipinski definition) is 5. The Hall–Kier alpha value is -4.12. The Kier molecular flexibility index (Phi) is 4.39. The number of aromatic nitrogens is 3. The summed E-state index contributed by atoms with van der Waals surface area (Å²) in [4.78, 5) is 4.50. The van der Waals surface area contributed by atoms with Gasteiger partial charge in [-0.3, -0.25) is 0 Å². The van der Waals surface area contributed by atoms with E-state index in [1.165, 1.54) is 10.8 Å². The van der Waals surface area contributed by atoms with Crippen LogP contribution >= 0.6 is 0 Å². The number of rotatable bonds is 4. The molecule has 0 spiro atoms. The number of nitrogens with one attached hydrogen (secondary N) is 1. The normalized spacial score (nSPS) is 11.3. The zero-order chi connectivity index (χ0) is 19.5. The molecule has 1 aromatic heterocycles. The molecule has 0 saturated carbocycles. The second-order valence-corrected chi connectivity index (χ2v) is 6.63. The fraction of sp³-hybridized carbons (Fsp3) is 0. The third-order valence-corrected chi connectivity index (χ3v) is 4.80. The van der Waals surface area contributed by atoms with Gasteiger partial charge in [0.1, 0.15) is 0 Å². The lowest BCUT2D eigenvalue weighted by Gasteiger charge is -2.08. The predicted octanol–water partition coefficient (Wildman–Crippen LogP) is 5.29. The number of nitrogens with zero attached hydrogens (tertiary/aromatic N) is 4. The summed E-state index contributed by atoms with van der Waals surface area (Å²) in [6.45, 7) is 0. The third-order valence-electron chi connectivity index (χ3n) is 4.80. The average molecular weight is 375 g/mol. The standard InChI is InChI=1S/C24H17N5/c1-2-8-17(9-3-1)23-16-26-29-24(27-23)28-25-15-22-20-12-6-4-10-18(20)14-19-11-5-7-13-21(19)22/h1-16H,(H,27,28,29)/b25-15+. The van der Waals surface area contributed by atoms with Gasteiger partial charge >= 0.3 is 0 Å². The lowest BCUT2D eigenvalue weighted by atomic mass is 9.97. The van der Waals surface area contributed by atoms with Gasteiger partial charge in [0.05, 0.1) is 18.1 Å². The van der Waals surface area contributed by atoms with Crippen LogP contribution in [0.25, 0.3) is 32.8 Å². The summed E-state index contributed by atoms with van der Waals surface area (Å²) < 4.78 is 0. The molecule has 29 heavy (non-hydrogen) atoms. The number of anilines is 1. The van der Waals surface area contributed by atoms with Crippen LogP contribution in [0, 0.1) is 0 Å². The second-order valence-electron chi connectivity index (χ2n) is 6.63. The zero-order valence-corrected chi connectivity index (χ0v) is 15.5. The van der Waals surface area contributed by atoms with E-state index >= 15 is 0 Å². The van der Waals surface area contributed by atoms with E-state index in [-0.39, 0.29) is 0 Å². The Bertz CT molecular complexity index is 1280. The molecule has 0 radical (unpaired) electrons. The van der Waals surface area contributed by atoms with E-state index in [0.717, 1.165) is 27.6 Å². The van der Waals surface area contributed by atoms with Crippen LogP contribution in [0.5, 0.6) is 0 Å². The lowest BCUT2D eigenvalue weighted by Crippen LogP contribution is -2.00. The van der Waals surface area contributed by atoms with E-state index in [2.05, 4.69) is 56.0 Å². The lowest BCUT2D eigenvalue weighted by molar-refractivity contribution is 0.967. The van der Waals surface area contributed by atoms with Crippen LogP contribution in [-0.2, 0) is 0 Å². The van der Waals surface area contributed by atoms with Crippen molar-refractivity contribution in [1.82, 2.24) is 15.2 Å². The van der Waals surface area contributed by atoms with Gasteiger partial charge < -0.3 is 0 Å². The summed E-state index contributed by atoms with van der Waals surface area (Å²) in [7, 11) is 0. The zero-order valence-electron chi connectivity index (χ0n) is 15.5. The highest BCUT2D eigenvalue weighted by atomic mass is 15.4. The van der Waals surface area contributed by atoms with Gasteiger partial charge in [0.25, 0.3) is 5.95 Å². The summed E-state index contributed by atoms with van der Waals surface area (Å²) in [5.74, 6) is 0.354. The van der Waals surface area contributed by atoms with Crippen molar-refractivity contribution in [2.75, 3.05) is 5.43 Å². The van der Waals surface area contributed by atoms with Crippen LogP contribution in [0.1, 0.15) is 5.56 Å². The minimum absolute atomic E-state index is 0.354. The van der Waals surface area contributed by atoms with Crippen molar-refractivity contribution in [3.8, 4) is 11.3 Å². The topological polar surface area (TPSA) is 63.1 Å². The largest absolute Gasteiger partial charge is 0.263 e. The van der Waals surface area contributed by atoms with Crippen LogP contribution in [-0.4, -0.2) is 21.4 Å². The maximum atomic E-state index is 4.50. The van der Waals surface area contributed by atoms with Crippen molar-refractivity contribution < 1.29 is 0 Å². The molecule has 4 aromatic carbocycles. The highest BCUT2D eigenvalue weighted by molar-refractivity contribution is 6.13. The Balaban J connectivity index is 1.50. The van der Waals surface area contributed by atoms with Gasteiger partial charge in [0.2, 0.25) is 0 Å². The van der Waals surface area contributed by atoms with Crippen molar-refractivity contribution in [3.63, 3.8) is 0 Å². The van der Waals surface area contributed by atoms with E-state index in [4.69, 9.17) is 0 Å². The molecule has 0 aliphatic heterocycles. The Morgan fingerprint density at radius 3 is 2.14 bits per heavy atom. The molecule has 5 rings (SSSR count). The molecule has 0 unspecified atom stereocenters. The molecule has 5 heteroatoms. The fourth-order valence-electron chi connectivity index (χ4n) is 3.44. The Morgan fingerprint density at radius 2 is 1.41 bits per heavy atom. The number of benzene rings is 4. The molecule has 5 nitrogen and oxygen atoms in total. The van der Waals surface area contributed by atoms with Crippen molar-refractivity contribution in [3.05, 3.63) is 96.7 Å². The van der Waals surface area contributed by atoms with E-state index in [9.17, 15) is 0 Å². The van der Waals surface area contributed by atoms with Gasteiger partial charge in [-0.05, 0) is 27.6 Å². The maximum Gasteiger partial charge on any atom is 0.263 e. The minimum Gasteiger partial charge on any atom is -0.244 e. The van der Waals surface area contributed by atoms with Crippen LogP contribution in [0.15, 0.2) is 96.2 Å². The summed E-state index contributed by atoms with van der Waals surface area (Å²) in [6, 6.07) is 28.7. The molecule has 0 saturated heterocycles. The van der Waals surface area contributed by atoms with E-state index in [0.29, 0.717) is 5.95 Å². The molecule has 0 atom stereocenters. The molecular formula is C24H17N5. The van der Waals surface area contributed by atoms with E-state index < -0.39 is 0 Å². The first-order chi connectivity index (χ1) is 14.4. The summed E-state index contributed by atoms with van der Waals surface area (Å²) in [5.41, 5.74) is 5.70. The summed E-state index contributed by atoms with van der Waals surface area (Å²) in [6.07, 6.45) is 3.46. The summed E-state index contributed by atoms with van der Waals surface area (Å²) >= 11 is 0. The summed E-state index contributed by atoms with van der Waals surface area (Å²) in [5, 5.41) is 17.1. The second kappa shape index (κ2) is 7.48. The molecular weight excluding hydrogens is 358 g/mol. The van der Waals surface area contributed by atoms with Gasteiger partial charge in [-0.25, -0.2) is 10.4 Å². The number of hydrogen-bond donors (Lipinski definition) is 1. The molecule has 0 fully saturated rings. The monoisotopic (exact) mass is 375 g/mol. The first-order valence-electron chi connectivity index (χ1n) is 9.33. The molecule has 5 aromatic rings. The van der Waals surface area contributed by atoms with Gasteiger partial charge in [0, 0.05) is 11.1 Å². The number of fused-ring (bicyclic) bond motifs is 2. The van der Waals surface area contributed by atoms with E-state index in [1.807, 2.05) is 60.8 Å². The average Bonchev–Trinajstić information content (AvgIpc) is 2.79. The molecule has 1 N–H and O–H groups in total. The van der Waals surface area contributed by atoms with Gasteiger partial charge in [-0.15, -0.1) is 5.10 Å². The van der Waals surface area contributed by atoms with Crippen LogP contribution in [0.3, 0.4) is 0 Å². The molecule has 0 bridgehead atoms. The van der Waals surface area contributed by atoms with Crippen LogP contribution in [0.2, 0.25) is 0 Å². The van der Waals surface area contributed by atoms with Gasteiger partial charge in [0.15, 0.2) is 0 Å². The van der Waals surface area contributed by atoms with Gasteiger partial charge in [-0.1, -0.05) is 78.9 Å². The smallest absolute Gasteiger partial charge is 0.244 e. The van der Waals surface area contributed by atoms with Crippen molar-refractivity contribution in [2.24, 2.45) is 5.10 Å². The number of hydrazone groups is 1. The van der Waals surface area contributed by atoms with Crippen molar-refractivity contribution in [1.29, 1.82) is 0 Å². The molecule has 0 aliphatic carbocycles. The fourth-order valence-corrected chi connectivity index (χ4v) is 3.44. The predicted molar refractivity (Wildman–Crippen MR) is 118 cm³/mol. The highest BCUT2D eigenvalue weighted by Crippen LogP contribution is 2.27. The Labute approximate surface area is 167 Å². The minimum atomic E-state index is 0.354. The SMILES string of the molecule is C(=N\Nc1nncc(-c2ccccc2)n1)/c1c2ccccc2cc2ccccc12. The first kappa shape index (κ1) is 17.0. The van der Waals surface area contributed by atoms with Crippen LogP contribution < -0.4 is 5.43 Å². The maximum absolute atomic E-state index is 4.50. The first-order valence-corrected chi connectivity index (χ1v) is 9.33.